The Balaban J connectivity index is 2.16. The van der Waals surface area contributed by atoms with Crippen LogP contribution in [0.1, 0.15) is 45.6 Å². The molecule has 0 saturated carbocycles. The summed E-state index contributed by atoms with van der Waals surface area (Å²) in [5.74, 6) is -0.444. The molecule has 1 N–H and O–H groups in total. The van der Waals surface area contributed by atoms with Crippen LogP contribution >= 0.6 is 27.5 Å². The van der Waals surface area contributed by atoms with E-state index in [0.29, 0.717) is 10.7 Å². The minimum Gasteiger partial charge on any atom is -0.352 e. The number of rotatable bonds is 12. The Morgan fingerprint density at radius 3 is 2.34 bits per heavy atom. The molecule has 0 aliphatic carbocycles. The second-order valence-corrected chi connectivity index (χ2v) is 11.8. The van der Waals surface area contributed by atoms with Gasteiger partial charge in [0.1, 0.15) is 6.04 Å². The number of nitrogens with one attached hydrogen (secondary N) is 1. The summed E-state index contributed by atoms with van der Waals surface area (Å²) in [5.41, 5.74) is 1.34. The summed E-state index contributed by atoms with van der Waals surface area (Å²) in [7, 11) is -3.57. The lowest BCUT2D eigenvalue weighted by molar-refractivity contribution is -0.140. The summed E-state index contributed by atoms with van der Waals surface area (Å²) in [6.45, 7) is 5.99. The minimum atomic E-state index is -3.57. The van der Waals surface area contributed by atoms with E-state index in [1.165, 1.54) is 4.31 Å². The van der Waals surface area contributed by atoms with Crippen molar-refractivity contribution in [2.75, 3.05) is 17.1 Å². The highest BCUT2D eigenvalue weighted by Crippen LogP contribution is 2.23. The van der Waals surface area contributed by atoms with E-state index in [1.807, 2.05) is 38.1 Å². The highest BCUT2D eigenvalue weighted by Gasteiger charge is 2.27. The van der Waals surface area contributed by atoms with E-state index >= 15 is 0 Å². The lowest BCUT2D eigenvalue weighted by Crippen LogP contribution is -2.49. The van der Waals surface area contributed by atoms with Gasteiger partial charge in [-0.15, -0.1) is 0 Å². The summed E-state index contributed by atoms with van der Waals surface area (Å²) in [4.78, 5) is 27.7. The van der Waals surface area contributed by atoms with Gasteiger partial charge in [-0.05, 0) is 62.6 Å². The second kappa shape index (κ2) is 13.3. The largest absolute Gasteiger partial charge is 0.352 e. The summed E-state index contributed by atoms with van der Waals surface area (Å²) in [5, 5.41) is 3.37. The van der Waals surface area contributed by atoms with Gasteiger partial charge < -0.3 is 10.2 Å². The van der Waals surface area contributed by atoms with Gasteiger partial charge >= 0.3 is 0 Å². The van der Waals surface area contributed by atoms with Gasteiger partial charge in [-0.3, -0.25) is 13.9 Å². The topological polar surface area (TPSA) is 86.8 Å². The Labute approximate surface area is 222 Å². The fourth-order valence-electron chi connectivity index (χ4n) is 3.47. The zero-order valence-electron chi connectivity index (χ0n) is 20.5. The van der Waals surface area contributed by atoms with Gasteiger partial charge in [0.2, 0.25) is 21.8 Å². The van der Waals surface area contributed by atoms with Crippen LogP contribution in [0.2, 0.25) is 5.02 Å². The van der Waals surface area contributed by atoms with Gasteiger partial charge in [-0.1, -0.05) is 52.7 Å². The number of amides is 2. The fourth-order valence-corrected chi connectivity index (χ4v) is 4.88. The average Bonchev–Trinajstić information content (AvgIpc) is 2.79. The van der Waals surface area contributed by atoms with E-state index in [-0.39, 0.29) is 43.8 Å². The predicted molar refractivity (Wildman–Crippen MR) is 145 cm³/mol. The monoisotopic (exact) mass is 585 g/mol. The maximum Gasteiger partial charge on any atom is 0.242 e. The second-order valence-electron chi connectivity index (χ2n) is 8.56. The molecule has 2 aromatic rings. The van der Waals surface area contributed by atoms with Crippen molar-refractivity contribution in [1.29, 1.82) is 0 Å². The first-order valence-electron chi connectivity index (χ1n) is 11.5. The highest BCUT2D eigenvalue weighted by molar-refractivity contribution is 9.10. The van der Waals surface area contributed by atoms with Gasteiger partial charge in [-0.2, -0.15) is 0 Å². The van der Waals surface area contributed by atoms with Gasteiger partial charge in [0.15, 0.2) is 0 Å². The summed E-state index contributed by atoms with van der Waals surface area (Å²) >= 11 is 9.45. The SMILES string of the molecule is CC[C@H](C)NC(=O)[C@@H](C)N(Cc1ccc(Br)cc1)C(=O)CCCN(c1cccc(Cl)c1)S(C)(=O)=O. The number of carbonyl (C=O) groups is 2. The van der Waals surface area contributed by atoms with E-state index in [2.05, 4.69) is 21.2 Å². The van der Waals surface area contributed by atoms with Crippen LogP contribution < -0.4 is 9.62 Å². The molecule has 0 spiro atoms. The van der Waals surface area contributed by atoms with Gasteiger partial charge in [0, 0.05) is 35.0 Å². The Morgan fingerprint density at radius 2 is 1.77 bits per heavy atom. The van der Waals surface area contributed by atoms with Crippen molar-refractivity contribution in [3.8, 4) is 0 Å². The minimum absolute atomic E-state index is 0.00408. The van der Waals surface area contributed by atoms with Crippen LogP contribution in [-0.4, -0.2) is 50.0 Å². The molecule has 2 rings (SSSR count). The first-order chi connectivity index (χ1) is 16.4. The fraction of sp³-hybridized carbons (Fsp3) is 0.440. The molecule has 0 aliphatic heterocycles. The lowest BCUT2D eigenvalue weighted by atomic mass is 10.1. The number of nitrogens with zero attached hydrogens (tertiary/aromatic N) is 2. The van der Waals surface area contributed by atoms with Crippen LogP contribution in [0.5, 0.6) is 0 Å². The number of halogens is 2. The molecule has 2 atom stereocenters. The molecule has 10 heteroatoms. The number of carbonyl (C=O) groups excluding carboxylic acids is 2. The van der Waals surface area contributed by atoms with Crippen molar-refractivity contribution in [3.05, 3.63) is 63.6 Å². The maximum atomic E-state index is 13.3. The van der Waals surface area contributed by atoms with Crippen molar-refractivity contribution < 1.29 is 18.0 Å². The van der Waals surface area contributed by atoms with Gasteiger partial charge in [0.25, 0.3) is 0 Å². The molecular formula is C25H33BrClN3O4S. The standard InChI is InChI=1S/C25H33BrClN3O4S/c1-5-18(2)28-25(32)19(3)29(17-20-11-13-21(26)14-12-20)24(31)10-7-15-30(35(4,33)34)23-9-6-8-22(27)16-23/h6,8-9,11-14,16,18-19H,5,7,10,15,17H2,1-4H3,(H,28,32)/t18-,19+/m0/s1. The first kappa shape index (κ1) is 29.1. The summed E-state index contributed by atoms with van der Waals surface area (Å²) < 4.78 is 26.9. The zero-order chi connectivity index (χ0) is 26.2. The Hall–Kier alpha value is -2.10. The van der Waals surface area contributed by atoms with Crippen molar-refractivity contribution >= 4 is 55.1 Å². The molecule has 0 aromatic heterocycles. The predicted octanol–water partition coefficient (Wildman–Crippen LogP) is 4.98. The molecule has 0 fully saturated rings. The number of anilines is 1. The van der Waals surface area contributed by atoms with E-state index in [1.54, 1.807) is 36.1 Å². The van der Waals surface area contributed by atoms with Crippen LogP contribution in [0.25, 0.3) is 0 Å². The van der Waals surface area contributed by atoms with Gasteiger partial charge in [-0.25, -0.2) is 8.42 Å². The smallest absolute Gasteiger partial charge is 0.242 e. The number of benzene rings is 2. The Kier molecular flexibility index (Phi) is 11.0. The first-order valence-corrected chi connectivity index (χ1v) is 14.5. The number of hydrogen-bond acceptors (Lipinski definition) is 4. The third-order valence-corrected chi connectivity index (χ3v) is 7.64. The quantitative estimate of drug-likeness (QED) is 0.380. The highest BCUT2D eigenvalue weighted by atomic mass is 79.9. The molecule has 0 saturated heterocycles. The third kappa shape index (κ3) is 9.13. The molecule has 0 bridgehead atoms. The van der Waals surface area contributed by atoms with Crippen LogP contribution in [0.3, 0.4) is 0 Å². The molecule has 2 amide bonds. The normalized spacial score (nSPS) is 13.1. The third-order valence-electron chi connectivity index (χ3n) is 5.68. The molecule has 35 heavy (non-hydrogen) atoms. The maximum absolute atomic E-state index is 13.3. The Bertz CT molecular complexity index is 1110. The van der Waals surface area contributed by atoms with Gasteiger partial charge in [0.05, 0.1) is 11.9 Å². The van der Waals surface area contributed by atoms with E-state index in [4.69, 9.17) is 11.6 Å². The van der Waals surface area contributed by atoms with E-state index in [9.17, 15) is 18.0 Å². The number of sulfonamides is 1. The molecule has 0 aliphatic rings. The van der Waals surface area contributed by atoms with Crippen LogP contribution in [0.4, 0.5) is 5.69 Å². The molecule has 0 heterocycles. The summed E-state index contributed by atoms with van der Waals surface area (Å²) in [6.07, 6.45) is 2.28. The zero-order valence-corrected chi connectivity index (χ0v) is 23.7. The molecular weight excluding hydrogens is 554 g/mol. The van der Waals surface area contributed by atoms with Crippen molar-refractivity contribution in [2.45, 2.75) is 58.7 Å². The van der Waals surface area contributed by atoms with Crippen LogP contribution in [-0.2, 0) is 26.2 Å². The van der Waals surface area contributed by atoms with Crippen molar-refractivity contribution in [1.82, 2.24) is 10.2 Å². The van der Waals surface area contributed by atoms with E-state index in [0.717, 1.165) is 22.7 Å². The van der Waals surface area contributed by atoms with Crippen LogP contribution in [0, 0.1) is 0 Å². The number of hydrogen-bond donors (Lipinski definition) is 1. The molecule has 0 unspecified atom stereocenters. The van der Waals surface area contributed by atoms with Crippen molar-refractivity contribution in [3.63, 3.8) is 0 Å². The van der Waals surface area contributed by atoms with Crippen molar-refractivity contribution in [2.24, 2.45) is 0 Å². The summed E-state index contributed by atoms with van der Waals surface area (Å²) in [6, 6.07) is 13.5. The van der Waals surface area contributed by atoms with E-state index < -0.39 is 16.1 Å². The molecule has 0 radical (unpaired) electrons. The molecule has 2 aromatic carbocycles. The lowest BCUT2D eigenvalue weighted by Gasteiger charge is -2.30. The molecule has 7 nitrogen and oxygen atoms in total. The van der Waals surface area contributed by atoms with Crippen LogP contribution in [0.15, 0.2) is 53.0 Å². The average molecular weight is 587 g/mol. The molecule has 192 valence electrons. The Morgan fingerprint density at radius 1 is 1.11 bits per heavy atom.